The van der Waals surface area contributed by atoms with E-state index in [1.807, 2.05) is 6.92 Å². The summed E-state index contributed by atoms with van der Waals surface area (Å²) in [6.45, 7) is 7.82. The molecule has 11 nitrogen and oxygen atoms in total. The molecule has 1 heterocycles. The van der Waals surface area contributed by atoms with Crippen LogP contribution in [0.5, 0.6) is 0 Å². The summed E-state index contributed by atoms with van der Waals surface area (Å²) in [4.78, 5) is 13.2. The molecular formula is C38H60O11. The lowest BCUT2D eigenvalue weighted by atomic mass is 9.29. The molecule has 5 saturated carbocycles. The molecule has 0 amide bonds. The Balaban J connectivity index is 1.31. The molecule has 2 bridgehead atoms. The quantitative estimate of drug-likeness (QED) is 0.150. The second-order valence-corrected chi connectivity index (χ2v) is 18.6. The molecule has 1 aliphatic heterocycles. The number of allylic oxidation sites excluding steroid dienone is 2. The van der Waals surface area contributed by atoms with Gasteiger partial charge in [-0.25, -0.2) is 0 Å². The van der Waals surface area contributed by atoms with Crippen molar-refractivity contribution in [3.63, 3.8) is 0 Å². The van der Waals surface area contributed by atoms with Gasteiger partial charge in [0.2, 0.25) is 0 Å². The molecule has 17 atom stereocenters. The van der Waals surface area contributed by atoms with Crippen molar-refractivity contribution in [1.29, 1.82) is 0 Å². The second kappa shape index (κ2) is 11.9. The number of fused-ring (bicyclic) bond motifs is 4. The first-order valence-electron chi connectivity index (χ1n) is 18.8. The summed E-state index contributed by atoms with van der Waals surface area (Å²) in [6, 6.07) is 0. The third-order valence-electron chi connectivity index (χ3n) is 16.5. The number of rotatable bonds is 6. The number of aliphatic hydroxyl groups excluding tert-OH is 7. The van der Waals surface area contributed by atoms with E-state index in [2.05, 4.69) is 26.8 Å². The Bertz CT molecular complexity index is 1340. The van der Waals surface area contributed by atoms with Gasteiger partial charge in [0.05, 0.1) is 36.9 Å². The molecule has 0 aromatic carbocycles. The van der Waals surface area contributed by atoms with Crippen LogP contribution in [0.15, 0.2) is 11.6 Å². The zero-order valence-corrected chi connectivity index (χ0v) is 29.6. The highest BCUT2D eigenvalue weighted by atomic mass is 16.7. The maximum Gasteiger partial charge on any atom is 0.310 e. The summed E-state index contributed by atoms with van der Waals surface area (Å²) in [5.74, 6) is -0.758. The van der Waals surface area contributed by atoms with E-state index in [0.29, 0.717) is 38.5 Å². The lowest BCUT2D eigenvalue weighted by molar-refractivity contribution is -0.339. The maximum atomic E-state index is 13.2. The summed E-state index contributed by atoms with van der Waals surface area (Å²) in [5.41, 5.74) is -1.92. The molecule has 7 aliphatic rings. The Morgan fingerprint density at radius 3 is 2.33 bits per heavy atom. The number of carboxylic acids is 1. The topological polar surface area (TPSA) is 197 Å². The van der Waals surface area contributed by atoms with Crippen LogP contribution in [0.2, 0.25) is 0 Å². The van der Waals surface area contributed by atoms with Crippen LogP contribution in [0.1, 0.15) is 98.3 Å². The Kier molecular flexibility index (Phi) is 8.82. The summed E-state index contributed by atoms with van der Waals surface area (Å²) in [7, 11) is 0. The van der Waals surface area contributed by atoms with Crippen LogP contribution in [0, 0.1) is 56.2 Å². The Morgan fingerprint density at radius 1 is 0.939 bits per heavy atom. The predicted octanol–water partition coefficient (Wildman–Crippen LogP) is 2.36. The highest BCUT2D eigenvalue weighted by Crippen LogP contribution is 2.79. The number of carboxylic acid groups (broad SMARTS) is 1. The minimum Gasteiger partial charge on any atom is -0.481 e. The third-order valence-corrected chi connectivity index (χ3v) is 16.5. The lowest BCUT2D eigenvalue weighted by Gasteiger charge is -2.75. The van der Waals surface area contributed by atoms with E-state index < -0.39 is 71.7 Å². The predicted molar refractivity (Wildman–Crippen MR) is 177 cm³/mol. The van der Waals surface area contributed by atoms with Crippen molar-refractivity contribution in [2.45, 2.75) is 141 Å². The van der Waals surface area contributed by atoms with E-state index in [0.717, 1.165) is 32.1 Å². The molecule has 7 rings (SSSR count). The minimum atomic E-state index is -1.56. The van der Waals surface area contributed by atoms with Gasteiger partial charge in [0.1, 0.15) is 18.3 Å². The van der Waals surface area contributed by atoms with Crippen molar-refractivity contribution in [3.8, 4) is 0 Å². The Hall–Kier alpha value is -1.15. The van der Waals surface area contributed by atoms with Gasteiger partial charge < -0.3 is 50.3 Å². The number of ether oxygens (including phenoxy) is 2. The van der Waals surface area contributed by atoms with Crippen molar-refractivity contribution in [2.75, 3.05) is 19.8 Å². The summed E-state index contributed by atoms with van der Waals surface area (Å²) >= 11 is 0. The van der Waals surface area contributed by atoms with Crippen molar-refractivity contribution in [2.24, 2.45) is 56.2 Å². The van der Waals surface area contributed by atoms with Crippen LogP contribution in [-0.2, 0) is 14.3 Å². The molecule has 6 fully saturated rings. The van der Waals surface area contributed by atoms with E-state index >= 15 is 0 Å². The highest BCUT2D eigenvalue weighted by Gasteiger charge is 2.75. The SMILES string of the molecule is CC1(CO)CCC2(C(=O)O)CCC3(C)C(=CC4CCCC35CCC3C(C)(CC(O)C(OC6OCC(O)C(O)C6O)C3(C)C(O)CO)C45)C2C1. The molecule has 8 N–H and O–H groups in total. The average Bonchev–Trinajstić information content (AvgIpc) is 3.06. The first-order valence-corrected chi connectivity index (χ1v) is 18.8. The standard InChI is InChI=1S/C38H60O11/c1-33(19-40)10-12-37(32(46)47)13-11-35(3)21(22(37)15-33)14-20-6-5-8-38(35)9-7-25-34(2,29(20)38)16-23(41)30(36(25,4)26(43)17-39)49-31-28(45)27(44)24(42)18-48-31/h14,20,22-31,39-45H,5-13,15-19H2,1-4H3,(H,46,47). The van der Waals surface area contributed by atoms with Gasteiger partial charge in [0.15, 0.2) is 6.29 Å². The van der Waals surface area contributed by atoms with Crippen LogP contribution in [0.25, 0.3) is 0 Å². The van der Waals surface area contributed by atoms with Gasteiger partial charge in [0, 0.05) is 12.0 Å². The van der Waals surface area contributed by atoms with E-state index in [1.54, 1.807) is 0 Å². The van der Waals surface area contributed by atoms with Gasteiger partial charge in [-0.05, 0) is 110 Å². The third kappa shape index (κ3) is 4.75. The molecule has 278 valence electrons. The molecular weight excluding hydrogens is 632 g/mol. The van der Waals surface area contributed by atoms with Gasteiger partial charge >= 0.3 is 5.97 Å². The molecule has 0 aromatic rings. The summed E-state index contributed by atoms with van der Waals surface area (Å²) in [6.07, 6.45) is 1.66. The van der Waals surface area contributed by atoms with Gasteiger partial charge in [-0.15, -0.1) is 0 Å². The molecule has 49 heavy (non-hydrogen) atoms. The first-order chi connectivity index (χ1) is 23.0. The van der Waals surface area contributed by atoms with Gasteiger partial charge in [-0.3, -0.25) is 4.79 Å². The Morgan fingerprint density at radius 2 is 1.65 bits per heavy atom. The fraction of sp³-hybridized carbons (Fsp3) is 0.921. The minimum absolute atomic E-state index is 0.0372. The van der Waals surface area contributed by atoms with E-state index in [9.17, 15) is 45.6 Å². The van der Waals surface area contributed by atoms with Crippen molar-refractivity contribution < 1.29 is 55.1 Å². The number of aliphatic hydroxyl groups is 7. The summed E-state index contributed by atoms with van der Waals surface area (Å²) < 4.78 is 11.9. The second-order valence-electron chi connectivity index (χ2n) is 18.6. The number of carbonyl (C=O) groups is 1. The van der Waals surface area contributed by atoms with Crippen LogP contribution >= 0.6 is 0 Å². The van der Waals surface area contributed by atoms with Gasteiger partial charge in [-0.2, -0.15) is 0 Å². The molecule has 0 radical (unpaired) electrons. The zero-order valence-electron chi connectivity index (χ0n) is 29.6. The largest absolute Gasteiger partial charge is 0.481 e. The Labute approximate surface area is 289 Å². The van der Waals surface area contributed by atoms with E-state index in [1.165, 1.54) is 5.57 Å². The van der Waals surface area contributed by atoms with Gasteiger partial charge in [0.25, 0.3) is 0 Å². The highest BCUT2D eigenvalue weighted by molar-refractivity contribution is 5.76. The molecule has 17 unspecified atom stereocenters. The first kappa shape index (κ1) is 36.2. The normalized spacial score (nSPS) is 55.9. The number of hydrogen-bond acceptors (Lipinski definition) is 10. The van der Waals surface area contributed by atoms with E-state index in [-0.39, 0.29) is 53.1 Å². The fourth-order valence-corrected chi connectivity index (χ4v) is 13.9. The van der Waals surface area contributed by atoms with Crippen LogP contribution in [-0.4, -0.2) is 110 Å². The maximum absolute atomic E-state index is 13.2. The number of hydrogen-bond donors (Lipinski definition) is 8. The van der Waals surface area contributed by atoms with Crippen LogP contribution in [0.4, 0.5) is 0 Å². The van der Waals surface area contributed by atoms with Crippen molar-refractivity contribution in [3.05, 3.63) is 11.6 Å². The average molecular weight is 693 g/mol. The summed E-state index contributed by atoms with van der Waals surface area (Å²) in [5, 5.41) is 86.6. The smallest absolute Gasteiger partial charge is 0.310 e. The molecule has 0 spiro atoms. The van der Waals surface area contributed by atoms with Crippen molar-refractivity contribution in [1.82, 2.24) is 0 Å². The molecule has 0 aromatic heterocycles. The van der Waals surface area contributed by atoms with Crippen LogP contribution in [0.3, 0.4) is 0 Å². The molecule has 11 heteroatoms. The van der Waals surface area contributed by atoms with Gasteiger partial charge in [-0.1, -0.05) is 45.8 Å². The van der Waals surface area contributed by atoms with E-state index in [4.69, 9.17) is 9.47 Å². The van der Waals surface area contributed by atoms with Crippen LogP contribution < -0.4 is 0 Å². The lowest BCUT2D eigenvalue weighted by Crippen LogP contribution is -2.73. The van der Waals surface area contributed by atoms with Crippen molar-refractivity contribution >= 4 is 5.97 Å². The fourth-order valence-electron chi connectivity index (χ4n) is 13.9. The molecule has 6 aliphatic carbocycles. The monoisotopic (exact) mass is 692 g/mol. The zero-order chi connectivity index (χ0) is 35.5. The number of aliphatic carboxylic acids is 1. The molecule has 1 saturated heterocycles.